The maximum atomic E-state index is 13.3. The normalized spacial score (nSPS) is 12.7. The Labute approximate surface area is 193 Å². The van der Waals surface area contributed by atoms with E-state index in [2.05, 4.69) is 5.32 Å². The fourth-order valence-corrected chi connectivity index (χ4v) is 3.59. The van der Waals surface area contributed by atoms with Crippen LogP contribution in [0.4, 0.5) is 5.69 Å². The Kier molecular flexibility index (Phi) is 6.09. The fourth-order valence-electron chi connectivity index (χ4n) is 3.59. The van der Waals surface area contributed by atoms with Gasteiger partial charge >= 0.3 is 5.97 Å². The second kappa shape index (κ2) is 8.98. The molecule has 0 aliphatic carbocycles. The number of carbonyl (C=O) groups excluding carboxylic acids is 2. The summed E-state index contributed by atoms with van der Waals surface area (Å²) in [7, 11) is 0. The van der Waals surface area contributed by atoms with Crippen LogP contribution in [-0.4, -0.2) is 30.7 Å². The van der Waals surface area contributed by atoms with Crippen LogP contribution in [0.3, 0.4) is 0 Å². The maximum Gasteiger partial charge on any atom is 0.340 e. The average molecular weight is 446 g/mol. The van der Waals surface area contributed by atoms with Crippen LogP contribution in [-0.2, 0) is 4.74 Å². The van der Waals surface area contributed by atoms with Crippen LogP contribution in [0.5, 0.6) is 11.5 Å². The first-order valence-electron chi connectivity index (χ1n) is 10.9. The number of ether oxygens (including phenoxy) is 3. The highest BCUT2D eigenvalue weighted by Gasteiger charge is 2.23. The Balaban J connectivity index is 1.71. The van der Waals surface area contributed by atoms with E-state index in [0.717, 1.165) is 16.7 Å². The number of amides is 1. The molecule has 0 radical (unpaired) electrons. The molecular weight excluding hydrogens is 418 g/mol. The third-order valence-corrected chi connectivity index (χ3v) is 5.13. The van der Waals surface area contributed by atoms with E-state index in [9.17, 15) is 9.59 Å². The molecule has 1 aliphatic heterocycles. The van der Waals surface area contributed by atoms with Crippen molar-refractivity contribution in [1.29, 1.82) is 0 Å². The minimum Gasteiger partial charge on any atom is -0.486 e. The summed E-state index contributed by atoms with van der Waals surface area (Å²) in [5, 5.41) is 2.92. The number of anilines is 1. The highest BCUT2D eigenvalue weighted by Crippen LogP contribution is 2.34. The van der Waals surface area contributed by atoms with Crippen molar-refractivity contribution in [1.82, 2.24) is 0 Å². The Bertz CT molecular complexity index is 1200. The van der Waals surface area contributed by atoms with Gasteiger partial charge in [-0.2, -0.15) is 0 Å². The summed E-state index contributed by atoms with van der Waals surface area (Å²) < 4.78 is 16.8. The van der Waals surface area contributed by atoms with Gasteiger partial charge in [-0.05, 0) is 68.7 Å². The highest BCUT2D eigenvalue weighted by atomic mass is 16.6. The molecule has 0 saturated carbocycles. The van der Waals surface area contributed by atoms with E-state index >= 15 is 0 Å². The molecular formula is C27H27NO5. The predicted molar refractivity (Wildman–Crippen MR) is 127 cm³/mol. The van der Waals surface area contributed by atoms with E-state index in [0.29, 0.717) is 36.0 Å². The number of fused-ring (bicyclic) bond motifs is 1. The molecule has 6 nitrogen and oxygen atoms in total. The second-order valence-electron chi connectivity index (χ2n) is 8.89. The quantitative estimate of drug-likeness (QED) is 0.526. The van der Waals surface area contributed by atoms with Crippen LogP contribution in [0.15, 0.2) is 60.7 Å². The molecule has 1 amide bonds. The summed E-state index contributed by atoms with van der Waals surface area (Å²) in [4.78, 5) is 26.2. The number of nitrogens with one attached hydrogen (secondary N) is 1. The first kappa shape index (κ1) is 22.4. The van der Waals surface area contributed by atoms with Crippen LogP contribution in [0.25, 0.3) is 11.1 Å². The van der Waals surface area contributed by atoms with Gasteiger partial charge in [0, 0.05) is 5.56 Å². The molecule has 1 N–H and O–H groups in total. The number of esters is 1. The Hall–Kier alpha value is -3.80. The molecule has 0 fully saturated rings. The average Bonchev–Trinajstić information content (AvgIpc) is 2.78. The molecule has 0 atom stereocenters. The summed E-state index contributed by atoms with van der Waals surface area (Å²) in [5.41, 5.74) is 3.03. The highest BCUT2D eigenvalue weighted by molar-refractivity contribution is 6.09. The van der Waals surface area contributed by atoms with Crippen molar-refractivity contribution in [3.8, 4) is 22.6 Å². The topological polar surface area (TPSA) is 73.9 Å². The smallest absolute Gasteiger partial charge is 0.340 e. The van der Waals surface area contributed by atoms with Gasteiger partial charge in [-0.25, -0.2) is 4.79 Å². The van der Waals surface area contributed by atoms with Crippen molar-refractivity contribution in [2.45, 2.75) is 33.3 Å². The van der Waals surface area contributed by atoms with Crippen molar-refractivity contribution < 1.29 is 23.8 Å². The zero-order valence-corrected chi connectivity index (χ0v) is 19.2. The van der Waals surface area contributed by atoms with Crippen LogP contribution in [0.2, 0.25) is 0 Å². The molecule has 0 saturated heterocycles. The van der Waals surface area contributed by atoms with Crippen molar-refractivity contribution >= 4 is 17.6 Å². The minimum absolute atomic E-state index is 0.285. The van der Waals surface area contributed by atoms with E-state index in [1.165, 1.54) is 0 Å². The molecule has 1 heterocycles. The monoisotopic (exact) mass is 445 g/mol. The van der Waals surface area contributed by atoms with Crippen LogP contribution < -0.4 is 14.8 Å². The third kappa shape index (κ3) is 5.17. The zero-order chi connectivity index (χ0) is 23.6. The molecule has 0 aromatic heterocycles. The first-order chi connectivity index (χ1) is 15.7. The maximum absolute atomic E-state index is 13.3. The van der Waals surface area contributed by atoms with Gasteiger partial charge in [0.25, 0.3) is 5.91 Å². The molecule has 33 heavy (non-hydrogen) atoms. The summed E-state index contributed by atoms with van der Waals surface area (Å²) in [6, 6.07) is 18.5. The van der Waals surface area contributed by atoms with Crippen LogP contribution in [0.1, 0.15) is 47.1 Å². The van der Waals surface area contributed by atoms with Crippen molar-refractivity contribution in [3.63, 3.8) is 0 Å². The predicted octanol–water partition coefficient (Wildman–Crippen LogP) is 5.64. The standard InChI is InChI=1S/C27H27NO5/c1-17-14-23-24(32-13-12-31-23)16-21(17)25(29)28-22-15-19(18-8-6-5-7-9-18)10-11-20(22)26(30)33-27(2,3)4/h5-11,14-16H,12-13H2,1-4H3,(H,28,29). The number of benzene rings is 3. The summed E-state index contributed by atoms with van der Waals surface area (Å²) in [6.45, 7) is 8.16. The molecule has 3 aromatic rings. The van der Waals surface area contributed by atoms with E-state index < -0.39 is 11.6 Å². The molecule has 6 heteroatoms. The third-order valence-electron chi connectivity index (χ3n) is 5.13. The van der Waals surface area contributed by atoms with E-state index in [1.54, 1.807) is 45.0 Å². The lowest BCUT2D eigenvalue weighted by Crippen LogP contribution is -2.25. The summed E-state index contributed by atoms with van der Waals surface area (Å²) >= 11 is 0. The van der Waals surface area contributed by atoms with Gasteiger partial charge in [-0.1, -0.05) is 36.4 Å². The molecule has 0 unspecified atom stereocenters. The number of hydrogen-bond donors (Lipinski definition) is 1. The SMILES string of the molecule is Cc1cc2c(cc1C(=O)Nc1cc(-c3ccccc3)ccc1C(=O)OC(C)(C)C)OCCO2. The van der Waals surface area contributed by atoms with Gasteiger partial charge in [0.15, 0.2) is 11.5 Å². The summed E-state index contributed by atoms with van der Waals surface area (Å²) in [6.07, 6.45) is 0. The lowest BCUT2D eigenvalue weighted by Gasteiger charge is -2.22. The number of rotatable bonds is 4. The molecule has 3 aromatic carbocycles. The zero-order valence-electron chi connectivity index (χ0n) is 19.2. The van der Waals surface area contributed by atoms with Crippen LogP contribution >= 0.6 is 0 Å². The lowest BCUT2D eigenvalue weighted by atomic mass is 10.0. The molecule has 170 valence electrons. The van der Waals surface area contributed by atoms with E-state index in [4.69, 9.17) is 14.2 Å². The number of aryl methyl sites for hydroxylation is 1. The Morgan fingerprint density at radius 1 is 0.848 bits per heavy atom. The molecule has 1 aliphatic rings. The van der Waals surface area contributed by atoms with Crippen LogP contribution in [0, 0.1) is 6.92 Å². The van der Waals surface area contributed by atoms with Gasteiger partial charge in [-0.3, -0.25) is 4.79 Å². The van der Waals surface area contributed by atoms with E-state index in [1.807, 2.05) is 43.3 Å². The molecule has 0 bridgehead atoms. The Morgan fingerprint density at radius 3 is 2.18 bits per heavy atom. The number of carbonyl (C=O) groups is 2. The Morgan fingerprint density at radius 2 is 1.52 bits per heavy atom. The molecule has 4 rings (SSSR count). The lowest BCUT2D eigenvalue weighted by molar-refractivity contribution is 0.00708. The number of hydrogen-bond acceptors (Lipinski definition) is 5. The van der Waals surface area contributed by atoms with Gasteiger partial charge in [-0.15, -0.1) is 0 Å². The second-order valence-corrected chi connectivity index (χ2v) is 8.89. The summed E-state index contributed by atoms with van der Waals surface area (Å²) in [5.74, 6) is 0.300. The molecule has 0 spiro atoms. The van der Waals surface area contributed by atoms with Gasteiger partial charge in [0.2, 0.25) is 0 Å². The minimum atomic E-state index is -0.664. The van der Waals surface area contributed by atoms with Gasteiger partial charge in [0.1, 0.15) is 18.8 Å². The fraction of sp³-hybridized carbons (Fsp3) is 0.259. The first-order valence-corrected chi connectivity index (χ1v) is 10.9. The van der Waals surface area contributed by atoms with Crippen molar-refractivity contribution in [2.24, 2.45) is 0 Å². The largest absolute Gasteiger partial charge is 0.486 e. The van der Waals surface area contributed by atoms with Crippen molar-refractivity contribution in [3.05, 3.63) is 77.4 Å². The van der Waals surface area contributed by atoms with Gasteiger partial charge in [0.05, 0.1) is 11.3 Å². The van der Waals surface area contributed by atoms with Crippen molar-refractivity contribution in [2.75, 3.05) is 18.5 Å². The van der Waals surface area contributed by atoms with Gasteiger partial charge < -0.3 is 19.5 Å². The van der Waals surface area contributed by atoms with E-state index in [-0.39, 0.29) is 11.5 Å².